The molecule has 1 aromatic rings. The predicted molar refractivity (Wildman–Crippen MR) is 124 cm³/mol. The van der Waals surface area contributed by atoms with E-state index in [0.717, 1.165) is 6.29 Å². The highest BCUT2D eigenvalue weighted by Crippen LogP contribution is 2.67. The van der Waals surface area contributed by atoms with Gasteiger partial charge in [-0.25, -0.2) is 4.79 Å². The summed E-state index contributed by atoms with van der Waals surface area (Å²) in [5, 5.41) is 0.442. The van der Waals surface area contributed by atoms with E-state index in [0.29, 0.717) is 24.3 Å². The van der Waals surface area contributed by atoms with E-state index in [2.05, 4.69) is 6.58 Å². The zero-order chi connectivity index (χ0) is 25.3. The van der Waals surface area contributed by atoms with Crippen molar-refractivity contribution in [2.45, 2.75) is 45.6 Å². The maximum atomic E-state index is 13.8. The Morgan fingerprint density at radius 1 is 1.17 bits per heavy atom. The van der Waals surface area contributed by atoms with Crippen LogP contribution in [0.5, 0.6) is 0 Å². The highest BCUT2D eigenvalue weighted by molar-refractivity contribution is 6.30. The van der Waals surface area contributed by atoms with Gasteiger partial charge in [0.15, 0.2) is 11.2 Å². The van der Waals surface area contributed by atoms with E-state index in [1.807, 2.05) is 13.8 Å². The molecule has 3 aliphatic carbocycles. The summed E-state index contributed by atoms with van der Waals surface area (Å²) in [6.45, 7) is 7.52. The molecule has 5 rings (SSSR count). The Labute approximate surface area is 208 Å². The molecule has 8 heteroatoms. The molecule has 0 amide bonds. The zero-order valence-corrected chi connectivity index (χ0v) is 20.4. The van der Waals surface area contributed by atoms with Crippen LogP contribution >= 0.6 is 11.6 Å². The first-order chi connectivity index (χ1) is 16.5. The average Bonchev–Trinajstić information content (AvgIpc) is 2.94. The van der Waals surface area contributed by atoms with Crippen LogP contribution in [0.25, 0.3) is 0 Å². The highest BCUT2D eigenvalue weighted by Gasteiger charge is 2.78. The van der Waals surface area contributed by atoms with Crippen LogP contribution in [0.4, 0.5) is 0 Å². The summed E-state index contributed by atoms with van der Waals surface area (Å²) in [6, 6.07) is 6.08. The normalized spacial score (nSPS) is 37.6. The highest BCUT2D eigenvalue weighted by atomic mass is 35.5. The van der Waals surface area contributed by atoms with Crippen molar-refractivity contribution < 1.29 is 33.4 Å². The Bertz CT molecular complexity index is 1170. The number of halogens is 1. The number of aldehydes is 1. The number of hydrogen-bond acceptors (Lipinski definition) is 7. The third-order valence-electron chi connectivity index (χ3n) is 9.01. The lowest BCUT2D eigenvalue weighted by molar-refractivity contribution is -0.220. The molecule has 0 unspecified atom stereocenters. The second kappa shape index (κ2) is 7.85. The van der Waals surface area contributed by atoms with Crippen molar-refractivity contribution in [3.05, 3.63) is 47.0 Å². The lowest BCUT2D eigenvalue weighted by Crippen LogP contribution is -2.70. The summed E-state index contributed by atoms with van der Waals surface area (Å²) in [4.78, 5) is 66.6. The summed E-state index contributed by atoms with van der Waals surface area (Å²) < 4.78 is 11.5. The molecule has 35 heavy (non-hydrogen) atoms. The first-order valence-electron chi connectivity index (χ1n) is 11.9. The lowest BCUT2D eigenvalue weighted by Gasteiger charge is -2.59. The fourth-order valence-corrected chi connectivity index (χ4v) is 7.39. The Morgan fingerprint density at radius 2 is 1.86 bits per heavy atom. The minimum Gasteiger partial charge on any atom is -0.464 e. The Balaban J connectivity index is 1.65. The number of ketones is 2. The van der Waals surface area contributed by atoms with Crippen LogP contribution in [0.1, 0.15) is 49.9 Å². The average molecular weight is 499 g/mol. The molecule has 184 valence electrons. The van der Waals surface area contributed by atoms with Crippen LogP contribution in [0.3, 0.4) is 0 Å². The van der Waals surface area contributed by atoms with Crippen molar-refractivity contribution in [2.24, 2.45) is 34.0 Å². The van der Waals surface area contributed by atoms with Crippen molar-refractivity contribution in [1.82, 2.24) is 0 Å². The topological polar surface area (TPSA) is 104 Å². The number of cyclic esters (lactones) is 1. The molecule has 7 nitrogen and oxygen atoms in total. The molecule has 4 aliphatic rings. The third-order valence-corrected chi connectivity index (χ3v) is 9.26. The molecular weight excluding hydrogens is 472 g/mol. The molecular formula is C27H27ClO7. The van der Waals surface area contributed by atoms with Gasteiger partial charge < -0.3 is 14.3 Å². The maximum Gasteiger partial charge on any atom is 0.338 e. The van der Waals surface area contributed by atoms with Crippen LogP contribution in [0.2, 0.25) is 5.02 Å². The van der Waals surface area contributed by atoms with E-state index in [1.54, 1.807) is 12.1 Å². The van der Waals surface area contributed by atoms with Crippen molar-refractivity contribution in [3.8, 4) is 0 Å². The van der Waals surface area contributed by atoms with Gasteiger partial charge in [-0.3, -0.25) is 14.4 Å². The molecule has 1 heterocycles. The fourth-order valence-electron chi connectivity index (χ4n) is 7.27. The number of rotatable bonds is 3. The number of Topliss-reactive ketones (excluding diaryl/α,β-unsaturated/α-hetero) is 2. The van der Waals surface area contributed by atoms with Crippen molar-refractivity contribution in [2.75, 3.05) is 6.61 Å². The zero-order valence-electron chi connectivity index (χ0n) is 19.7. The van der Waals surface area contributed by atoms with E-state index in [1.165, 1.54) is 12.1 Å². The molecule has 0 radical (unpaired) electrons. The van der Waals surface area contributed by atoms with Gasteiger partial charge in [0, 0.05) is 29.2 Å². The van der Waals surface area contributed by atoms with E-state index in [4.69, 9.17) is 21.1 Å². The molecule has 3 saturated carbocycles. The van der Waals surface area contributed by atoms with Crippen LogP contribution in [-0.4, -0.2) is 42.5 Å². The van der Waals surface area contributed by atoms with E-state index < -0.39 is 57.8 Å². The van der Waals surface area contributed by atoms with Gasteiger partial charge in [0.1, 0.15) is 24.8 Å². The number of ether oxygens (including phenoxy) is 2. The minimum absolute atomic E-state index is 0.183. The molecule has 2 spiro atoms. The largest absolute Gasteiger partial charge is 0.464 e. The van der Waals surface area contributed by atoms with Crippen LogP contribution in [0.15, 0.2) is 36.4 Å². The molecule has 6 atom stereocenters. The van der Waals surface area contributed by atoms with Crippen LogP contribution in [0, 0.1) is 34.0 Å². The Kier molecular flexibility index (Phi) is 5.37. The molecule has 4 fully saturated rings. The maximum absolute atomic E-state index is 13.8. The number of fused-ring (bicyclic) bond motifs is 2. The number of carbonyl (C=O) groups excluding carboxylic acids is 5. The second-order valence-electron chi connectivity index (χ2n) is 10.9. The van der Waals surface area contributed by atoms with Gasteiger partial charge in [-0.1, -0.05) is 32.0 Å². The van der Waals surface area contributed by atoms with Gasteiger partial charge in [-0.2, -0.15) is 0 Å². The van der Waals surface area contributed by atoms with E-state index in [9.17, 15) is 24.0 Å². The summed E-state index contributed by atoms with van der Waals surface area (Å²) in [6.07, 6.45) is 1.10. The third kappa shape index (κ3) is 3.00. The molecule has 1 saturated heterocycles. The molecule has 1 aromatic carbocycles. The molecule has 0 N–H and O–H groups in total. The van der Waals surface area contributed by atoms with Gasteiger partial charge in [0.05, 0.1) is 11.0 Å². The summed E-state index contributed by atoms with van der Waals surface area (Å²) in [5.41, 5.74) is -3.38. The predicted octanol–water partition coefficient (Wildman–Crippen LogP) is 3.76. The first-order valence-corrected chi connectivity index (χ1v) is 12.3. The Morgan fingerprint density at radius 3 is 2.51 bits per heavy atom. The smallest absolute Gasteiger partial charge is 0.338 e. The van der Waals surface area contributed by atoms with Crippen molar-refractivity contribution in [3.63, 3.8) is 0 Å². The monoisotopic (exact) mass is 498 g/mol. The quantitative estimate of drug-likeness (QED) is 0.270. The van der Waals surface area contributed by atoms with Gasteiger partial charge in [0.2, 0.25) is 0 Å². The standard InChI is InChI=1S/C27H27ClO7/c1-14-17-8-9-18-26(19(12-29)25(2,3)11-10-20(26)30)13-34-24(33)27(18,21(14)31)22(17)35-23(32)15-4-6-16(28)7-5-15/h4-7,12,17-19,22H,1,8-11,13H2,2-3H3/t17-,18-,19+,22+,26-,27-/m0/s1. The SMILES string of the molecule is C=C1C(=O)[C@@]23C(=O)OC[C@]4(C(=O)CCC(C)(C)[C@H]4C=O)[C@@H]2CC[C@@H]1[C@H]3OC(=O)c1ccc(Cl)cc1. The van der Waals surface area contributed by atoms with Crippen LogP contribution in [-0.2, 0) is 28.7 Å². The first kappa shape index (κ1) is 23.9. The van der Waals surface area contributed by atoms with Gasteiger partial charge in [-0.05, 0) is 54.5 Å². The summed E-state index contributed by atoms with van der Waals surface area (Å²) >= 11 is 5.93. The van der Waals surface area contributed by atoms with Gasteiger partial charge in [-0.15, -0.1) is 0 Å². The van der Waals surface area contributed by atoms with Gasteiger partial charge >= 0.3 is 11.9 Å². The summed E-state index contributed by atoms with van der Waals surface area (Å²) in [7, 11) is 0. The number of esters is 2. The summed E-state index contributed by atoms with van der Waals surface area (Å²) in [5.74, 6) is -4.41. The Hall–Kier alpha value is -2.80. The molecule has 2 bridgehead atoms. The van der Waals surface area contributed by atoms with Crippen molar-refractivity contribution >= 4 is 41.4 Å². The molecule has 1 aliphatic heterocycles. The number of benzene rings is 1. The van der Waals surface area contributed by atoms with Gasteiger partial charge in [0.25, 0.3) is 0 Å². The van der Waals surface area contributed by atoms with E-state index >= 15 is 0 Å². The van der Waals surface area contributed by atoms with Crippen LogP contribution < -0.4 is 0 Å². The number of hydrogen-bond donors (Lipinski definition) is 0. The lowest BCUT2D eigenvalue weighted by atomic mass is 9.44. The molecule has 0 aromatic heterocycles. The second-order valence-corrected chi connectivity index (χ2v) is 11.4. The van der Waals surface area contributed by atoms with Crippen molar-refractivity contribution in [1.29, 1.82) is 0 Å². The fraction of sp³-hybridized carbons (Fsp3) is 0.519. The van der Waals surface area contributed by atoms with E-state index in [-0.39, 0.29) is 29.9 Å². The number of carbonyl (C=O) groups is 5. The minimum atomic E-state index is -1.90.